The van der Waals surface area contributed by atoms with Crippen molar-refractivity contribution in [1.82, 2.24) is 58.5 Å². The number of pyridine rings is 1. The molecule has 20 nitrogen and oxygen atoms in total. The molecule has 0 atom stereocenters. The summed E-state index contributed by atoms with van der Waals surface area (Å²) in [6.07, 6.45) is 4.36. The van der Waals surface area contributed by atoms with Gasteiger partial charge >= 0.3 is 0 Å². The summed E-state index contributed by atoms with van der Waals surface area (Å²) in [7, 11) is 6.63. The van der Waals surface area contributed by atoms with Gasteiger partial charge in [0, 0.05) is 122 Å². The number of nitrogens with one attached hydrogen (secondary N) is 2. The summed E-state index contributed by atoms with van der Waals surface area (Å²) >= 11 is 5.90. The summed E-state index contributed by atoms with van der Waals surface area (Å²) in [4.78, 5) is 50.3. The molecule has 0 spiro atoms. The van der Waals surface area contributed by atoms with E-state index < -0.39 is 0 Å². The van der Waals surface area contributed by atoms with Gasteiger partial charge < -0.3 is 24.7 Å². The average Bonchev–Trinajstić information content (AvgIpc) is 4.08. The average molecular weight is 983 g/mol. The highest BCUT2D eigenvalue weighted by molar-refractivity contribution is 6.29. The lowest BCUT2D eigenvalue weighted by Gasteiger charge is -2.31. The Morgan fingerprint density at radius 1 is 0.729 bits per heavy atom. The number of hydrogen-bond donors (Lipinski definition) is 2. The van der Waals surface area contributed by atoms with Gasteiger partial charge in [0.1, 0.15) is 22.9 Å². The van der Waals surface area contributed by atoms with Gasteiger partial charge in [-0.05, 0) is 48.4 Å². The van der Waals surface area contributed by atoms with Gasteiger partial charge in [0.25, 0.3) is 17.0 Å². The molecule has 9 heterocycles. The van der Waals surface area contributed by atoms with Crippen molar-refractivity contribution in [1.29, 1.82) is 0 Å². The molecule has 6 aromatic heterocycles. The third-order valence-corrected chi connectivity index (χ3v) is 13.3. The normalized spacial score (nSPS) is 16.0. The highest BCUT2D eigenvalue weighted by atomic mass is 35.5. The zero-order chi connectivity index (χ0) is 47.9. The number of amides is 1. The van der Waals surface area contributed by atoms with Gasteiger partial charge in [-0.25, -0.2) is 14.3 Å². The van der Waals surface area contributed by atoms with Gasteiger partial charge in [-0.1, -0.05) is 47.2 Å². The summed E-state index contributed by atoms with van der Waals surface area (Å²) in [5.41, 5.74) is 8.41. The van der Waals surface area contributed by atoms with Crippen LogP contribution in [0.4, 0.5) is 28.8 Å². The second kappa shape index (κ2) is 21.4. The maximum absolute atomic E-state index is 13.9. The lowest BCUT2D eigenvalue weighted by Crippen LogP contribution is -2.41. The van der Waals surface area contributed by atoms with Crippen LogP contribution in [0.3, 0.4) is 0 Å². The van der Waals surface area contributed by atoms with E-state index in [1.54, 1.807) is 40.6 Å². The molecule has 1 aliphatic carbocycles. The lowest BCUT2D eigenvalue weighted by atomic mass is 9.90. The maximum atomic E-state index is 13.9. The van der Waals surface area contributed by atoms with Crippen LogP contribution in [-0.2, 0) is 75.6 Å². The highest BCUT2D eigenvalue weighted by Crippen LogP contribution is 2.40. The molecule has 21 heteroatoms. The molecule has 6 aromatic rings. The zero-order valence-corrected chi connectivity index (χ0v) is 40.6. The van der Waals surface area contributed by atoms with Crippen molar-refractivity contribution in [3.8, 4) is 11.3 Å². The number of fused-ring (bicyclic) bond motifs is 5. The number of ether oxygens (including phenoxy) is 2. The van der Waals surface area contributed by atoms with E-state index in [1.165, 1.54) is 26.7 Å². The van der Waals surface area contributed by atoms with E-state index in [1.807, 2.05) is 32.5 Å². The lowest BCUT2D eigenvalue weighted by molar-refractivity contribution is 0.0963. The molecule has 0 aromatic carbocycles. The molecule has 0 bridgehead atoms. The predicted molar refractivity (Wildman–Crippen MR) is 273 cm³/mol. The Bertz CT molecular complexity index is 2970. The SMILES string of the molecule is C.C.CCc1c(-c2cc(Nc3cc4n(n3)CCN(CCOC)C4)c(=O)n(C)n2)ccnc1N1CCn2c(cc3c2CC(C)(C)C3)C1=O.COCCN1CCn2nc(Nc3cc(Cl)nn(C)c3=O)cc2C1. The molecule has 0 fully saturated rings. The van der Waals surface area contributed by atoms with Crippen molar-refractivity contribution in [2.75, 3.05) is 75.7 Å². The van der Waals surface area contributed by atoms with Gasteiger partial charge in [-0.15, -0.1) is 0 Å². The summed E-state index contributed by atoms with van der Waals surface area (Å²) < 4.78 is 19.1. The number of rotatable bonds is 13. The Balaban J connectivity index is 0.000000244. The number of aromatic nitrogens is 10. The van der Waals surface area contributed by atoms with Crippen molar-refractivity contribution >= 4 is 46.3 Å². The molecule has 0 saturated carbocycles. The number of carbonyl (C=O) groups is 1. The third kappa shape index (κ3) is 10.6. The van der Waals surface area contributed by atoms with E-state index >= 15 is 0 Å². The van der Waals surface area contributed by atoms with Gasteiger partial charge in [0.05, 0.1) is 43.4 Å². The van der Waals surface area contributed by atoms with E-state index in [-0.39, 0.29) is 42.4 Å². The van der Waals surface area contributed by atoms with Crippen molar-refractivity contribution < 1.29 is 14.3 Å². The number of methoxy groups -OCH3 is 2. The van der Waals surface area contributed by atoms with E-state index in [9.17, 15) is 14.4 Å². The third-order valence-electron chi connectivity index (χ3n) is 13.1. The topological polar surface area (TPSA) is 193 Å². The molecule has 4 aliphatic rings. The standard InChI is InChI=1S/C33H41N9O3.C14H19ClN6O2.2CH4/c1-6-23-24(7-8-34-30(23)41-11-10-40-27(32(41)44)15-21-18-33(2,3)19-28(21)40)25-17-26(31(43)38(4)36-25)35-29-16-22-20-39(13-14-45-5)9-12-42(22)37-29;1-19-14(22)11(8-12(15)17-19)16-13-7-10-9-20(5-6-23-2)3-4-21(10)18-13;;/h7-8,15-17H,6,9-14,18-20H2,1-5H3,(H,35,37);7-8H,3-6,9H2,1-2H3,(H,16,18);2*1H4. The molecule has 10 rings (SSSR count). The van der Waals surface area contributed by atoms with Crippen LogP contribution in [0, 0.1) is 5.41 Å². The molecular formula is C49H68ClN15O5. The molecule has 2 N–H and O–H groups in total. The smallest absolute Gasteiger partial charge is 0.290 e. The highest BCUT2D eigenvalue weighted by Gasteiger charge is 2.37. The van der Waals surface area contributed by atoms with Crippen molar-refractivity contribution in [3.63, 3.8) is 0 Å². The maximum Gasteiger partial charge on any atom is 0.290 e. The quantitative estimate of drug-likeness (QED) is 0.147. The van der Waals surface area contributed by atoms with E-state index in [2.05, 4.69) is 67.1 Å². The van der Waals surface area contributed by atoms with Crippen LogP contribution in [0.25, 0.3) is 11.3 Å². The summed E-state index contributed by atoms with van der Waals surface area (Å²) in [5, 5.41) is 24.3. The minimum absolute atomic E-state index is 0. The zero-order valence-electron chi connectivity index (χ0n) is 39.9. The van der Waals surface area contributed by atoms with Crippen LogP contribution in [0.1, 0.15) is 74.3 Å². The van der Waals surface area contributed by atoms with E-state index in [4.69, 9.17) is 31.2 Å². The molecule has 0 saturated heterocycles. The van der Waals surface area contributed by atoms with Crippen LogP contribution in [-0.4, -0.2) is 125 Å². The second-order valence-corrected chi connectivity index (χ2v) is 19.0. The second-order valence-electron chi connectivity index (χ2n) is 18.6. The van der Waals surface area contributed by atoms with Gasteiger partial charge in [-0.3, -0.25) is 38.4 Å². The van der Waals surface area contributed by atoms with Gasteiger partial charge in [-0.2, -0.15) is 20.4 Å². The summed E-state index contributed by atoms with van der Waals surface area (Å²) in [6, 6.07) is 11.2. The van der Waals surface area contributed by atoms with Gasteiger partial charge in [0.15, 0.2) is 16.8 Å². The Morgan fingerprint density at radius 2 is 1.31 bits per heavy atom. The molecule has 0 unspecified atom stereocenters. The van der Waals surface area contributed by atoms with Gasteiger partial charge in [0.2, 0.25) is 0 Å². The number of aryl methyl sites for hydroxylation is 2. The summed E-state index contributed by atoms with van der Waals surface area (Å²) in [6.45, 7) is 16.1. The number of carbonyl (C=O) groups excluding carboxylic acids is 1. The van der Waals surface area contributed by atoms with Crippen molar-refractivity contribution in [2.45, 2.75) is 87.6 Å². The Kier molecular flexibility index (Phi) is 15.8. The fourth-order valence-corrected chi connectivity index (χ4v) is 9.99. The Hall–Kier alpha value is -6.19. The number of halogens is 1. The number of anilines is 5. The minimum atomic E-state index is -0.248. The van der Waals surface area contributed by atoms with E-state index in [0.717, 1.165) is 100.0 Å². The molecule has 0 radical (unpaired) electrons. The first kappa shape index (κ1) is 51.7. The minimum Gasteiger partial charge on any atom is -0.383 e. The molecule has 70 heavy (non-hydrogen) atoms. The molecule has 1 amide bonds. The van der Waals surface area contributed by atoms with Crippen LogP contribution < -0.4 is 26.7 Å². The summed E-state index contributed by atoms with van der Waals surface area (Å²) in [5.74, 6) is 1.88. The molecule has 3 aliphatic heterocycles. The van der Waals surface area contributed by atoms with Crippen LogP contribution >= 0.6 is 11.6 Å². The fourth-order valence-electron chi connectivity index (χ4n) is 9.77. The van der Waals surface area contributed by atoms with Crippen LogP contribution in [0.5, 0.6) is 0 Å². The first-order valence-electron chi connectivity index (χ1n) is 23.2. The first-order valence-corrected chi connectivity index (χ1v) is 23.5. The van der Waals surface area contributed by atoms with Crippen LogP contribution in [0.2, 0.25) is 5.15 Å². The fraction of sp³-hybridized carbons (Fsp3) is 0.510. The number of nitrogens with zero attached hydrogens (tertiary/aromatic N) is 13. The van der Waals surface area contributed by atoms with Crippen molar-refractivity contribution in [3.05, 3.63) is 102 Å². The molecule has 376 valence electrons. The van der Waals surface area contributed by atoms with Crippen LogP contribution in [0.15, 0.2) is 52.2 Å². The monoisotopic (exact) mass is 982 g/mol. The Morgan fingerprint density at radius 3 is 1.90 bits per heavy atom. The van der Waals surface area contributed by atoms with E-state index in [0.29, 0.717) is 60.7 Å². The first-order chi connectivity index (χ1) is 32.7. The largest absolute Gasteiger partial charge is 0.383 e. The van der Waals surface area contributed by atoms with Crippen molar-refractivity contribution in [2.24, 2.45) is 19.5 Å². The number of hydrogen-bond acceptors (Lipinski definition) is 14. The predicted octanol–water partition coefficient (Wildman–Crippen LogP) is 5.50. The molecular weight excluding hydrogens is 914 g/mol. The Labute approximate surface area is 414 Å².